The second-order valence-corrected chi connectivity index (χ2v) is 8.01. The number of nitrogens with two attached hydrogens (primary N) is 1. The largest absolute Gasteiger partial charge is 0.508 e. The van der Waals surface area contributed by atoms with E-state index in [1.807, 2.05) is 0 Å². The molecule has 1 aromatic heterocycles. The van der Waals surface area contributed by atoms with E-state index in [0.29, 0.717) is 11.3 Å². The van der Waals surface area contributed by atoms with Crippen molar-refractivity contribution in [2.45, 2.75) is 37.0 Å². The summed E-state index contributed by atoms with van der Waals surface area (Å²) in [4.78, 5) is 55.8. The minimum absolute atomic E-state index is 0.000755. The van der Waals surface area contributed by atoms with Gasteiger partial charge in [-0.1, -0.05) is 12.1 Å². The van der Waals surface area contributed by atoms with Gasteiger partial charge in [0, 0.05) is 30.5 Å². The predicted octanol–water partition coefficient (Wildman–Crippen LogP) is -2.31. The second kappa shape index (κ2) is 13.3. The number of thiol groups is 1. The number of carboxylic acid groups (broad SMARTS) is 1. The Bertz CT molecular complexity index is 1000. The molecule has 0 fully saturated rings. The molecule has 0 saturated carbocycles. The van der Waals surface area contributed by atoms with E-state index in [2.05, 4.69) is 38.5 Å². The third-order valence-corrected chi connectivity index (χ3v) is 5.32. The molecule has 35 heavy (non-hydrogen) atoms. The van der Waals surface area contributed by atoms with Crippen LogP contribution in [-0.4, -0.2) is 85.5 Å². The van der Waals surface area contributed by atoms with E-state index in [-0.39, 0.29) is 24.3 Å². The summed E-state index contributed by atoms with van der Waals surface area (Å²) in [5.41, 5.74) is 7.01. The number of aliphatic carboxylic acids is 1. The Kier molecular flexibility index (Phi) is 10.5. The number of imidazole rings is 1. The van der Waals surface area contributed by atoms with Crippen LogP contribution < -0.4 is 21.7 Å². The summed E-state index contributed by atoms with van der Waals surface area (Å²) >= 11 is 4.04. The van der Waals surface area contributed by atoms with Gasteiger partial charge in [0.25, 0.3) is 0 Å². The Hall–Kier alpha value is -3.62. The van der Waals surface area contributed by atoms with E-state index in [1.54, 1.807) is 0 Å². The van der Waals surface area contributed by atoms with Crippen LogP contribution in [0.4, 0.5) is 0 Å². The number of aliphatic hydroxyl groups excluding tert-OH is 1. The molecule has 1 aromatic carbocycles. The Morgan fingerprint density at radius 2 is 1.57 bits per heavy atom. The number of H-pyrrole nitrogens is 1. The lowest BCUT2D eigenvalue weighted by Crippen LogP contribution is -2.58. The van der Waals surface area contributed by atoms with Gasteiger partial charge in [-0.15, -0.1) is 0 Å². The fourth-order valence-corrected chi connectivity index (χ4v) is 3.26. The molecular weight excluding hydrogens is 480 g/mol. The van der Waals surface area contributed by atoms with Gasteiger partial charge in [0.15, 0.2) is 0 Å². The normalized spacial score (nSPS) is 14.3. The summed E-state index contributed by atoms with van der Waals surface area (Å²) in [6.07, 6.45) is 2.99. The number of nitrogens with one attached hydrogen (secondary N) is 4. The molecule has 0 saturated heterocycles. The number of aromatic hydroxyl groups is 1. The van der Waals surface area contributed by atoms with Crippen LogP contribution in [0.1, 0.15) is 11.3 Å². The molecular formula is C21H28N6O7S. The van der Waals surface area contributed by atoms with E-state index in [9.17, 15) is 34.5 Å². The first-order valence-electron chi connectivity index (χ1n) is 10.5. The van der Waals surface area contributed by atoms with Crippen molar-refractivity contribution in [3.63, 3.8) is 0 Å². The van der Waals surface area contributed by atoms with Crippen molar-refractivity contribution in [1.29, 1.82) is 0 Å². The molecule has 0 aliphatic carbocycles. The maximum atomic E-state index is 12.6. The van der Waals surface area contributed by atoms with Crippen LogP contribution in [-0.2, 0) is 32.0 Å². The topological polar surface area (TPSA) is 220 Å². The number of aromatic amines is 1. The zero-order chi connectivity index (χ0) is 26.0. The highest BCUT2D eigenvalue weighted by molar-refractivity contribution is 7.80. The summed E-state index contributed by atoms with van der Waals surface area (Å²) in [5, 5.41) is 35.4. The van der Waals surface area contributed by atoms with Crippen LogP contribution in [0.15, 0.2) is 36.8 Å². The summed E-state index contributed by atoms with van der Waals surface area (Å²) in [7, 11) is 0. The molecule has 3 amide bonds. The molecule has 0 bridgehead atoms. The van der Waals surface area contributed by atoms with Gasteiger partial charge >= 0.3 is 5.97 Å². The molecule has 1 heterocycles. The molecule has 0 aliphatic heterocycles. The van der Waals surface area contributed by atoms with Crippen molar-refractivity contribution in [3.8, 4) is 5.75 Å². The van der Waals surface area contributed by atoms with Crippen molar-refractivity contribution in [2.75, 3.05) is 12.4 Å². The lowest BCUT2D eigenvalue weighted by molar-refractivity contribution is -0.142. The van der Waals surface area contributed by atoms with E-state index in [1.165, 1.54) is 36.8 Å². The highest BCUT2D eigenvalue weighted by Crippen LogP contribution is 2.11. The molecule has 190 valence electrons. The summed E-state index contributed by atoms with van der Waals surface area (Å²) < 4.78 is 0. The zero-order valence-corrected chi connectivity index (χ0v) is 19.4. The van der Waals surface area contributed by atoms with Gasteiger partial charge in [-0.05, 0) is 17.7 Å². The monoisotopic (exact) mass is 508 g/mol. The minimum atomic E-state index is -1.48. The number of rotatable bonds is 13. The number of carboxylic acids is 1. The van der Waals surface area contributed by atoms with Gasteiger partial charge < -0.3 is 42.0 Å². The number of phenolic OH excluding ortho intramolecular Hbond substituents is 1. The summed E-state index contributed by atoms with van der Waals surface area (Å²) in [5.74, 6) is -3.86. The smallest absolute Gasteiger partial charge is 0.326 e. The van der Waals surface area contributed by atoms with Crippen LogP contribution in [0, 0.1) is 0 Å². The SMILES string of the molecule is NC(Cc1cnc[nH]1)C(=O)NC(CS)C(=O)NC(CO)C(=O)NC(Cc1ccc(O)cc1)C(=O)O. The van der Waals surface area contributed by atoms with Crippen molar-refractivity contribution < 1.29 is 34.5 Å². The third kappa shape index (κ3) is 8.59. The zero-order valence-electron chi connectivity index (χ0n) is 18.5. The molecule has 9 N–H and O–H groups in total. The van der Waals surface area contributed by atoms with Gasteiger partial charge in [-0.2, -0.15) is 12.6 Å². The molecule has 0 radical (unpaired) electrons. The number of hydrogen-bond donors (Lipinski definition) is 9. The van der Waals surface area contributed by atoms with Gasteiger partial charge in [-0.25, -0.2) is 9.78 Å². The lowest BCUT2D eigenvalue weighted by atomic mass is 10.1. The maximum Gasteiger partial charge on any atom is 0.326 e. The van der Waals surface area contributed by atoms with E-state index < -0.39 is 54.5 Å². The third-order valence-electron chi connectivity index (χ3n) is 4.95. The molecule has 0 aliphatic rings. The van der Waals surface area contributed by atoms with E-state index in [4.69, 9.17) is 5.73 Å². The summed E-state index contributed by atoms with van der Waals surface area (Å²) in [6.45, 7) is -0.824. The number of carbonyl (C=O) groups excluding carboxylic acids is 3. The molecule has 4 unspecified atom stereocenters. The molecule has 14 heteroatoms. The van der Waals surface area contributed by atoms with Crippen LogP contribution in [0.2, 0.25) is 0 Å². The Morgan fingerprint density at radius 3 is 2.11 bits per heavy atom. The number of aromatic nitrogens is 2. The number of carbonyl (C=O) groups is 4. The molecule has 4 atom stereocenters. The molecule has 0 spiro atoms. The van der Waals surface area contributed by atoms with Crippen molar-refractivity contribution in [3.05, 3.63) is 48.0 Å². The second-order valence-electron chi connectivity index (χ2n) is 7.64. The van der Waals surface area contributed by atoms with Gasteiger partial charge in [0.2, 0.25) is 17.7 Å². The van der Waals surface area contributed by atoms with Gasteiger partial charge in [0.05, 0.1) is 19.0 Å². The van der Waals surface area contributed by atoms with Crippen molar-refractivity contribution in [2.24, 2.45) is 5.73 Å². The number of aliphatic hydroxyl groups is 1. The fraction of sp³-hybridized carbons (Fsp3) is 0.381. The van der Waals surface area contributed by atoms with Crippen LogP contribution >= 0.6 is 12.6 Å². The van der Waals surface area contributed by atoms with Crippen molar-refractivity contribution in [1.82, 2.24) is 25.9 Å². The van der Waals surface area contributed by atoms with Gasteiger partial charge in [-0.3, -0.25) is 14.4 Å². The molecule has 2 aromatic rings. The first-order valence-corrected chi connectivity index (χ1v) is 11.1. The molecule has 2 rings (SSSR count). The number of amides is 3. The van der Waals surface area contributed by atoms with Crippen LogP contribution in [0.25, 0.3) is 0 Å². The van der Waals surface area contributed by atoms with E-state index >= 15 is 0 Å². The average molecular weight is 509 g/mol. The summed E-state index contributed by atoms with van der Waals surface area (Å²) in [6, 6.07) is 0.742. The number of hydrogen-bond acceptors (Lipinski definition) is 9. The first kappa shape index (κ1) is 27.6. The van der Waals surface area contributed by atoms with Crippen LogP contribution in [0.3, 0.4) is 0 Å². The first-order chi connectivity index (χ1) is 16.6. The maximum absolute atomic E-state index is 12.6. The predicted molar refractivity (Wildman–Crippen MR) is 126 cm³/mol. The van der Waals surface area contributed by atoms with Crippen LogP contribution in [0.5, 0.6) is 5.75 Å². The number of phenols is 1. The Balaban J connectivity index is 1.96. The van der Waals surface area contributed by atoms with Crippen molar-refractivity contribution >= 4 is 36.3 Å². The minimum Gasteiger partial charge on any atom is -0.508 e. The Morgan fingerprint density at radius 1 is 0.971 bits per heavy atom. The molecule has 13 nitrogen and oxygen atoms in total. The average Bonchev–Trinajstić information content (AvgIpc) is 3.34. The standard InChI is InChI=1S/C21H28N6O7S/c22-14(6-12-7-23-10-24-12)18(30)27-17(9-35)20(32)26-16(8-28)19(31)25-15(21(33)34)5-11-1-3-13(29)4-2-11/h1-4,7,10,14-17,28-29,35H,5-6,8-9,22H2,(H,23,24)(H,25,31)(H,26,32)(H,27,30)(H,33,34). The highest BCUT2D eigenvalue weighted by Gasteiger charge is 2.29. The lowest BCUT2D eigenvalue weighted by Gasteiger charge is -2.23. The number of benzene rings is 1. The fourth-order valence-electron chi connectivity index (χ4n) is 3.01. The Labute approximate surface area is 205 Å². The van der Waals surface area contributed by atoms with Gasteiger partial charge in [0.1, 0.15) is 23.9 Å². The highest BCUT2D eigenvalue weighted by atomic mass is 32.1. The quantitative estimate of drug-likeness (QED) is 0.132. The number of nitrogens with zero attached hydrogens (tertiary/aromatic N) is 1. The van der Waals surface area contributed by atoms with E-state index in [0.717, 1.165) is 0 Å².